The molecule has 2 atom stereocenters. The molecule has 0 saturated heterocycles. The Kier molecular flexibility index (Phi) is 15.4. The van der Waals surface area contributed by atoms with Gasteiger partial charge in [0, 0.05) is 12.1 Å². The minimum Gasteiger partial charge on any atom is -0.396 e. The number of hydrogen-bond donors (Lipinski definition) is 1. The molecular weight excluding hydrogens is 330 g/mol. The molecule has 1 aliphatic carbocycles. The summed E-state index contributed by atoms with van der Waals surface area (Å²) in [4.78, 5) is 2.43. The number of aliphatic hydroxyl groups is 1. The lowest BCUT2D eigenvalue weighted by Gasteiger charge is -2.49. The molecule has 25 heavy (non-hydrogen) atoms. The normalized spacial score (nSPS) is 23.6. The summed E-state index contributed by atoms with van der Waals surface area (Å²) in [6.07, 6.45) is 21.9. The third-order valence-electron chi connectivity index (χ3n) is 6.51. The van der Waals surface area contributed by atoms with Crippen LogP contribution >= 0.6 is 12.4 Å². The van der Waals surface area contributed by atoms with Crippen LogP contribution in [0.5, 0.6) is 0 Å². The Hall–Kier alpha value is 0.210. The molecule has 1 N–H and O–H groups in total. The quantitative estimate of drug-likeness (QED) is 0.346. The van der Waals surface area contributed by atoms with E-state index < -0.39 is 0 Å². The highest BCUT2D eigenvalue weighted by Crippen LogP contribution is 2.42. The molecule has 1 aliphatic rings. The van der Waals surface area contributed by atoms with E-state index in [0.717, 1.165) is 12.3 Å². The van der Waals surface area contributed by atoms with Crippen molar-refractivity contribution in [2.24, 2.45) is 5.92 Å². The minimum atomic E-state index is 0. The number of unbranched alkanes of at least 4 members (excludes halogenated alkanes) is 9. The molecule has 0 amide bonds. The van der Waals surface area contributed by atoms with Crippen molar-refractivity contribution in [2.75, 3.05) is 20.7 Å². The van der Waals surface area contributed by atoms with Gasteiger partial charge in [0.1, 0.15) is 0 Å². The number of hydrogen-bond acceptors (Lipinski definition) is 2. The first-order valence-corrected chi connectivity index (χ1v) is 11.0. The Labute approximate surface area is 164 Å². The zero-order chi connectivity index (χ0) is 17.7. The maximum atomic E-state index is 9.57. The first-order valence-electron chi connectivity index (χ1n) is 11.0. The molecule has 0 spiro atoms. The van der Waals surface area contributed by atoms with Gasteiger partial charge in [-0.3, -0.25) is 0 Å². The summed E-state index contributed by atoms with van der Waals surface area (Å²) in [5.41, 5.74) is 0.270. The van der Waals surface area contributed by atoms with Gasteiger partial charge in [0.2, 0.25) is 0 Å². The summed E-state index contributed by atoms with van der Waals surface area (Å²) >= 11 is 0. The third-order valence-corrected chi connectivity index (χ3v) is 6.51. The van der Waals surface area contributed by atoms with Gasteiger partial charge in [-0.1, -0.05) is 84.0 Å². The number of nitrogens with zero attached hydrogens (tertiary/aromatic N) is 1. The van der Waals surface area contributed by atoms with Crippen LogP contribution in [0.1, 0.15) is 110 Å². The van der Waals surface area contributed by atoms with Crippen molar-refractivity contribution < 1.29 is 5.11 Å². The second-order valence-corrected chi connectivity index (χ2v) is 8.38. The van der Waals surface area contributed by atoms with E-state index in [4.69, 9.17) is 0 Å². The summed E-state index contributed by atoms with van der Waals surface area (Å²) in [7, 11) is 4.46. The molecule has 0 aromatic carbocycles. The standard InChI is InChI=1S/C22H45NO.ClH/c1-4-5-6-7-8-9-10-11-12-13-16-21-17-14-15-18-22(21,19-20-24)23(2)3;/h21,24H,4-20H2,1-3H3;1H. The van der Waals surface area contributed by atoms with Gasteiger partial charge in [0.25, 0.3) is 0 Å². The fourth-order valence-electron chi connectivity index (χ4n) is 4.92. The average Bonchev–Trinajstić information content (AvgIpc) is 2.58. The summed E-state index contributed by atoms with van der Waals surface area (Å²) < 4.78 is 0. The van der Waals surface area contributed by atoms with Crippen molar-refractivity contribution in [3.8, 4) is 0 Å². The van der Waals surface area contributed by atoms with Gasteiger partial charge in [-0.15, -0.1) is 12.4 Å². The maximum Gasteiger partial charge on any atom is 0.0448 e. The fourth-order valence-corrected chi connectivity index (χ4v) is 4.92. The first kappa shape index (κ1) is 25.2. The topological polar surface area (TPSA) is 23.5 Å². The van der Waals surface area contributed by atoms with Gasteiger partial charge in [-0.2, -0.15) is 0 Å². The highest BCUT2D eigenvalue weighted by molar-refractivity contribution is 5.85. The summed E-state index contributed by atoms with van der Waals surface area (Å²) in [5.74, 6) is 0.794. The van der Waals surface area contributed by atoms with E-state index in [1.165, 1.54) is 96.3 Å². The van der Waals surface area contributed by atoms with E-state index in [1.54, 1.807) is 0 Å². The molecule has 0 bridgehead atoms. The molecule has 1 saturated carbocycles. The Morgan fingerprint density at radius 1 is 0.880 bits per heavy atom. The Morgan fingerprint density at radius 2 is 1.44 bits per heavy atom. The van der Waals surface area contributed by atoms with E-state index in [0.29, 0.717) is 6.61 Å². The molecule has 1 fully saturated rings. The van der Waals surface area contributed by atoms with Gasteiger partial charge in [0.15, 0.2) is 0 Å². The van der Waals surface area contributed by atoms with Gasteiger partial charge >= 0.3 is 0 Å². The number of halogens is 1. The van der Waals surface area contributed by atoms with Crippen LogP contribution in [0.3, 0.4) is 0 Å². The van der Waals surface area contributed by atoms with Gasteiger partial charge in [0.05, 0.1) is 0 Å². The van der Waals surface area contributed by atoms with Crippen LogP contribution in [-0.2, 0) is 0 Å². The molecule has 3 heteroatoms. The van der Waals surface area contributed by atoms with E-state index in [1.807, 2.05) is 0 Å². The van der Waals surface area contributed by atoms with Crippen LogP contribution in [0.4, 0.5) is 0 Å². The largest absolute Gasteiger partial charge is 0.396 e. The molecule has 2 nitrogen and oxygen atoms in total. The Bertz CT molecular complexity index is 294. The first-order chi connectivity index (χ1) is 11.7. The van der Waals surface area contributed by atoms with Crippen LogP contribution in [0.25, 0.3) is 0 Å². The van der Waals surface area contributed by atoms with Crippen molar-refractivity contribution in [1.29, 1.82) is 0 Å². The van der Waals surface area contributed by atoms with Crippen molar-refractivity contribution in [3.05, 3.63) is 0 Å². The molecule has 0 aliphatic heterocycles. The van der Waals surface area contributed by atoms with Crippen molar-refractivity contribution >= 4 is 12.4 Å². The van der Waals surface area contributed by atoms with Crippen LogP contribution in [0, 0.1) is 5.92 Å². The van der Waals surface area contributed by atoms with Crippen LogP contribution in [0.2, 0.25) is 0 Å². The van der Waals surface area contributed by atoms with E-state index in [2.05, 4.69) is 25.9 Å². The molecule has 0 radical (unpaired) electrons. The zero-order valence-corrected chi connectivity index (χ0v) is 18.2. The molecule has 0 aromatic heterocycles. The van der Waals surface area contributed by atoms with Crippen LogP contribution in [0.15, 0.2) is 0 Å². The van der Waals surface area contributed by atoms with Crippen molar-refractivity contribution in [1.82, 2.24) is 4.90 Å². The van der Waals surface area contributed by atoms with Gasteiger partial charge < -0.3 is 10.0 Å². The lowest BCUT2D eigenvalue weighted by molar-refractivity contribution is 0.00949. The summed E-state index contributed by atoms with van der Waals surface area (Å²) in [5, 5.41) is 9.57. The predicted molar refractivity (Wildman–Crippen MR) is 114 cm³/mol. The number of rotatable bonds is 14. The number of aliphatic hydroxyl groups excluding tert-OH is 1. The van der Waals surface area contributed by atoms with Gasteiger partial charge in [-0.25, -0.2) is 0 Å². The average molecular weight is 376 g/mol. The van der Waals surface area contributed by atoms with Crippen molar-refractivity contribution in [2.45, 2.75) is 115 Å². The van der Waals surface area contributed by atoms with Gasteiger partial charge in [-0.05, 0) is 45.7 Å². The molecular formula is C22H46ClNO. The van der Waals surface area contributed by atoms with Crippen LogP contribution in [-0.4, -0.2) is 36.2 Å². The smallest absolute Gasteiger partial charge is 0.0448 e. The molecule has 0 heterocycles. The Morgan fingerprint density at radius 3 is 1.96 bits per heavy atom. The molecule has 2 unspecified atom stereocenters. The summed E-state index contributed by atoms with van der Waals surface area (Å²) in [6, 6.07) is 0. The summed E-state index contributed by atoms with van der Waals surface area (Å²) in [6.45, 7) is 2.63. The molecule has 152 valence electrons. The molecule has 0 aromatic rings. The van der Waals surface area contributed by atoms with E-state index >= 15 is 0 Å². The minimum absolute atomic E-state index is 0. The lowest BCUT2D eigenvalue weighted by Crippen LogP contribution is -2.52. The third kappa shape index (κ3) is 9.11. The highest BCUT2D eigenvalue weighted by atomic mass is 35.5. The van der Waals surface area contributed by atoms with E-state index in [9.17, 15) is 5.11 Å². The maximum absolute atomic E-state index is 9.57. The highest BCUT2D eigenvalue weighted by Gasteiger charge is 2.41. The SMILES string of the molecule is CCCCCCCCCCCCC1CCCCC1(CCO)N(C)C.Cl. The predicted octanol–water partition coefficient (Wildman–Crippen LogP) is 6.59. The fraction of sp³-hybridized carbons (Fsp3) is 1.00. The second-order valence-electron chi connectivity index (χ2n) is 8.38. The lowest BCUT2D eigenvalue weighted by atomic mass is 9.68. The second kappa shape index (κ2) is 15.3. The molecule has 1 rings (SSSR count). The van der Waals surface area contributed by atoms with Crippen LogP contribution < -0.4 is 0 Å². The van der Waals surface area contributed by atoms with Crippen molar-refractivity contribution in [3.63, 3.8) is 0 Å². The monoisotopic (exact) mass is 375 g/mol. The Balaban J connectivity index is 0.00000576. The zero-order valence-electron chi connectivity index (χ0n) is 17.4. The van der Waals surface area contributed by atoms with E-state index in [-0.39, 0.29) is 17.9 Å².